The normalized spacial score (nSPS) is 12.1. The van der Waals surface area contributed by atoms with Crippen molar-refractivity contribution in [3.8, 4) is 0 Å². The summed E-state index contributed by atoms with van der Waals surface area (Å²) < 4.78 is 39.0. The lowest BCUT2D eigenvalue weighted by atomic mass is 10.1. The largest absolute Gasteiger partial charge is 0.464 e. The molecule has 1 atom stereocenters. The molecule has 0 saturated carbocycles. The highest BCUT2D eigenvalue weighted by molar-refractivity contribution is 5.88. The van der Waals surface area contributed by atoms with Gasteiger partial charge in [-0.05, 0) is 200 Å². The standard InChI is InChI=1S/C105H183N5O16/c1-6-11-15-19-23-27-31-35-39-43-47-51-55-59-63-77-101(115)123-88-83-109(84-89-124-102(116)78-64-60-56-52-48-44-40-36-32-28-24-20-16-12-7-2)99(113)75-69-73-97(111)106-81-68-67-72-96(105(119)107-82-71-87-121-94-95-122-93-92-120-10-5)108-98(112)74-70-76-100(114)110(85-90-125-103(117)79-65-61-57-53-49-45-41-37-33-29-25-21-17-13-8-3)86-91-126-104(118)80-66-62-58-54-50-46-42-38-34-30-26-22-18-14-9-4/h23-30,35-42,96H,6-22,31-34,43-95H2,1-5H3,(H,106,111)(H,107,119)(H,108,112)/b27-23-,28-24-,29-25-,30-26-,39-35-,40-36-,41-37-,42-38-/t96-/m0/s1. The van der Waals surface area contributed by atoms with E-state index >= 15 is 0 Å². The number of nitrogens with zero attached hydrogens (tertiary/aromatic N) is 2. The molecule has 0 aliphatic heterocycles. The number of carbonyl (C=O) groups excluding carboxylic acids is 9. The van der Waals surface area contributed by atoms with E-state index in [4.69, 9.17) is 33.2 Å². The monoisotopic (exact) mass is 1770 g/mol. The molecular weight excluding hydrogens is 1590 g/mol. The second-order valence-electron chi connectivity index (χ2n) is 33.3. The number of allylic oxidation sites excluding steroid dienone is 16. The Morgan fingerprint density at radius 3 is 0.865 bits per heavy atom. The topological polar surface area (TPSA) is 261 Å². The number of amides is 5. The summed E-state index contributed by atoms with van der Waals surface area (Å²) in [5.74, 6) is -2.87. The Kier molecular flexibility index (Phi) is 91.7. The Labute approximate surface area is 767 Å². The van der Waals surface area contributed by atoms with Crippen molar-refractivity contribution in [2.24, 2.45) is 0 Å². The zero-order valence-electron chi connectivity index (χ0n) is 80.6. The summed E-state index contributed by atoms with van der Waals surface area (Å²) in [6.45, 7) is 14.5. The molecule has 0 aliphatic carbocycles. The second-order valence-corrected chi connectivity index (χ2v) is 33.3. The number of ether oxygens (including phenoxy) is 7. The first kappa shape index (κ1) is 119. The van der Waals surface area contributed by atoms with Crippen molar-refractivity contribution >= 4 is 53.4 Å². The molecule has 0 aromatic heterocycles. The van der Waals surface area contributed by atoms with Crippen LogP contribution in [0.1, 0.15) is 407 Å². The molecule has 0 unspecified atom stereocenters. The summed E-state index contributed by atoms with van der Waals surface area (Å²) in [6.07, 6.45) is 86.8. The summed E-state index contributed by atoms with van der Waals surface area (Å²) in [7, 11) is 0. The highest BCUT2D eigenvalue weighted by Gasteiger charge is 2.23. The van der Waals surface area contributed by atoms with Crippen LogP contribution in [0.3, 0.4) is 0 Å². The first-order valence-corrected chi connectivity index (χ1v) is 50.8. The van der Waals surface area contributed by atoms with Crippen LogP contribution in [0.15, 0.2) is 97.2 Å². The highest BCUT2D eigenvalue weighted by Crippen LogP contribution is 2.17. The molecule has 126 heavy (non-hydrogen) atoms. The first-order chi connectivity index (χ1) is 61.8. The minimum Gasteiger partial charge on any atom is -0.464 e. The van der Waals surface area contributed by atoms with Gasteiger partial charge in [0.25, 0.3) is 0 Å². The van der Waals surface area contributed by atoms with Crippen LogP contribution in [-0.2, 0) is 76.3 Å². The molecule has 0 aromatic rings. The minimum absolute atomic E-state index is 0.000995. The third-order valence-electron chi connectivity index (χ3n) is 21.7. The quantitative estimate of drug-likeness (QED) is 0.0221. The van der Waals surface area contributed by atoms with Crippen LogP contribution in [0.2, 0.25) is 0 Å². The third kappa shape index (κ3) is 87.7. The molecule has 724 valence electrons. The lowest BCUT2D eigenvalue weighted by molar-refractivity contribution is -0.148. The number of hydrogen-bond acceptors (Lipinski definition) is 16. The van der Waals surface area contributed by atoms with Gasteiger partial charge in [-0.1, -0.05) is 253 Å². The summed E-state index contributed by atoms with van der Waals surface area (Å²) in [5.41, 5.74) is 0. The van der Waals surface area contributed by atoms with Gasteiger partial charge < -0.3 is 58.9 Å². The Balaban J connectivity index is 5.76. The van der Waals surface area contributed by atoms with Crippen LogP contribution in [0.4, 0.5) is 0 Å². The SMILES string of the molecule is CCCCC/C=C\C/C=C\CCCCCCCC(=O)OCCN(CCOC(=O)CCCCCCC/C=C\C/C=C\CCCCC)C(=O)CCCC(=O)NCCCC[C@H](NC(=O)CCCC(=O)N(CCOC(=O)CCCCCCC/C=C\C/C=C\CCCCC)CCOC(=O)CCCCCCC/C=C\C/C=C\CCCCC)C(=O)NCCCOCCOCCOCC. The van der Waals surface area contributed by atoms with Gasteiger partial charge in [-0.3, -0.25) is 43.2 Å². The number of hydrogen-bond donors (Lipinski definition) is 3. The van der Waals surface area contributed by atoms with Gasteiger partial charge in [-0.2, -0.15) is 0 Å². The van der Waals surface area contributed by atoms with Gasteiger partial charge >= 0.3 is 23.9 Å². The molecule has 0 fully saturated rings. The summed E-state index contributed by atoms with van der Waals surface area (Å²) in [6, 6.07) is -0.911. The van der Waals surface area contributed by atoms with Gasteiger partial charge in [0, 0.05) is 77.7 Å². The van der Waals surface area contributed by atoms with Gasteiger partial charge in [-0.15, -0.1) is 0 Å². The Morgan fingerprint density at radius 1 is 0.254 bits per heavy atom. The van der Waals surface area contributed by atoms with Crippen molar-refractivity contribution in [1.29, 1.82) is 0 Å². The average Bonchev–Trinajstić information content (AvgIpc) is 0.975. The number of rotatable bonds is 94. The maximum absolute atomic E-state index is 13.9. The van der Waals surface area contributed by atoms with Gasteiger partial charge in [0.15, 0.2) is 0 Å². The van der Waals surface area contributed by atoms with Crippen LogP contribution < -0.4 is 16.0 Å². The lowest BCUT2D eigenvalue weighted by Crippen LogP contribution is -2.47. The lowest BCUT2D eigenvalue weighted by Gasteiger charge is -2.23. The number of carbonyl (C=O) groups is 9. The maximum Gasteiger partial charge on any atom is 0.305 e. The highest BCUT2D eigenvalue weighted by atomic mass is 16.6. The van der Waals surface area contributed by atoms with Crippen LogP contribution >= 0.6 is 0 Å². The van der Waals surface area contributed by atoms with Crippen molar-refractivity contribution in [2.45, 2.75) is 413 Å². The van der Waals surface area contributed by atoms with Crippen molar-refractivity contribution < 1.29 is 76.3 Å². The Hall–Kier alpha value is -6.97. The molecule has 21 heteroatoms. The van der Waals surface area contributed by atoms with Gasteiger partial charge in [0.2, 0.25) is 29.5 Å². The molecule has 0 radical (unpaired) electrons. The number of nitrogens with one attached hydrogen (secondary N) is 3. The summed E-state index contributed by atoms with van der Waals surface area (Å²) >= 11 is 0. The fourth-order valence-electron chi connectivity index (χ4n) is 13.9. The molecule has 0 rings (SSSR count). The second kappa shape index (κ2) is 97.1. The van der Waals surface area contributed by atoms with E-state index in [2.05, 4.69) is 141 Å². The van der Waals surface area contributed by atoms with Crippen LogP contribution in [0.5, 0.6) is 0 Å². The molecule has 21 nitrogen and oxygen atoms in total. The first-order valence-electron chi connectivity index (χ1n) is 50.8. The minimum atomic E-state index is -0.911. The van der Waals surface area contributed by atoms with Crippen molar-refractivity contribution in [3.63, 3.8) is 0 Å². The van der Waals surface area contributed by atoms with E-state index < -0.39 is 11.9 Å². The van der Waals surface area contributed by atoms with Gasteiger partial charge in [0.1, 0.15) is 32.5 Å². The summed E-state index contributed by atoms with van der Waals surface area (Å²) in [5, 5.41) is 8.77. The zero-order chi connectivity index (χ0) is 91.6. The van der Waals surface area contributed by atoms with Crippen LogP contribution in [0.25, 0.3) is 0 Å². The van der Waals surface area contributed by atoms with Gasteiger partial charge in [0.05, 0.1) is 52.6 Å². The maximum atomic E-state index is 13.9. The average molecular weight is 1770 g/mol. The van der Waals surface area contributed by atoms with E-state index in [0.29, 0.717) is 97.7 Å². The predicted octanol–water partition coefficient (Wildman–Crippen LogP) is 23.8. The van der Waals surface area contributed by atoms with Crippen molar-refractivity contribution in [1.82, 2.24) is 25.8 Å². The van der Waals surface area contributed by atoms with E-state index in [9.17, 15) is 43.2 Å². The van der Waals surface area contributed by atoms with Gasteiger partial charge in [-0.25, -0.2) is 0 Å². The van der Waals surface area contributed by atoms with E-state index in [1.807, 2.05) is 6.92 Å². The molecule has 5 amide bonds. The molecule has 0 saturated heterocycles. The van der Waals surface area contributed by atoms with Crippen LogP contribution in [-0.4, -0.2) is 175 Å². The fraction of sp³-hybridized carbons (Fsp3) is 0.762. The zero-order valence-corrected chi connectivity index (χ0v) is 80.6. The van der Waals surface area contributed by atoms with E-state index in [0.717, 1.165) is 193 Å². The number of unbranched alkanes of at least 4 members (excludes halogenated alkanes) is 33. The smallest absolute Gasteiger partial charge is 0.305 e. The molecule has 3 N–H and O–H groups in total. The molecule has 0 aromatic carbocycles. The number of esters is 4. The fourth-order valence-corrected chi connectivity index (χ4v) is 13.9. The molecule has 0 bridgehead atoms. The molecular formula is C105H183N5O16. The third-order valence-corrected chi connectivity index (χ3v) is 21.7. The molecule has 0 heterocycles. The van der Waals surface area contributed by atoms with Crippen LogP contribution in [0, 0.1) is 0 Å². The van der Waals surface area contributed by atoms with E-state index in [-0.39, 0.29) is 158 Å². The molecule has 0 aliphatic rings. The Morgan fingerprint density at radius 2 is 0.540 bits per heavy atom. The predicted molar refractivity (Wildman–Crippen MR) is 517 cm³/mol. The molecule has 0 spiro atoms. The van der Waals surface area contributed by atoms with E-state index in [1.54, 1.807) is 0 Å². The Bertz CT molecular complexity index is 2730. The van der Waals surface area contributed by atoms with E-state index in [1.165, 1.54) is 86.8 Å². The summed E-state index contributed by atoms with van der Waals surface area (Å²) in [4.78, 5) is 123. The van der Waals surface area contributed by atoms with Crippen molar-refractivity contribution in [3.05, 3.63) is 97.2 Å². The van der Waals surface area contributed by atoms with Crippen molar-refractivity contribution in [2.75, 3.05) is 105 Å².